The van der Waals surface area contributed by atoms with Gasteiger partial charge in [0.2, 0.25) is 0 Å². The first-order valence-electron chi connectivity index (χ1n) is 10.5. The summed E-state index contributed by atoms with van der Waals surface area (Å²) in [4.78, 5) is 0. The minimum atomic E-state index is 0.0744. The number of aryl methyl sites for hydroxylation is 1. The van der Waals surface area contributed by atoms with Crippen LogP contribution < -0.4 is 0 Å². The van der Waals surface area contributed by atoms with Crippen molar-refractivity contribution in [3.8, 4) is 35.4 Å². The molecule has 0 saturated carbocycles. The zero-order valence-corrected chi connectivity index (χ0v) is 18.1. The molecular weight excluding hydrogens is 404 g/mol. The number of nitriles is 4. The Bertz CT molecular complexity index is 1590. The second-order valence-electron chi connectivity index (χ2n) is 8.36. The maximum Gasteiger partial charge on any atom is 0.138 e. The molecule has 0 bridgehead atoms. The summed E-state index contributed by atoms with van der Waals surface area (Å²) in [6.45, 7) is 4.01. The third kappa shape index (κ3) is 2.80. The van der Waals surface area contributed by atoms with Crippen molar-refractivity contribution in [1.82, 2.24) is 0 Å². The van der Waals surface area contributed by atoms with Crippen LogP contribution >= 0.6 is 0 Å². The summed E-state index contributed by atoms with van der Waals surface area (Å²) >= 11 is 0. The monoisotopic (exact) mass is 420 g/mol. The molecule has 0 N–H and O–H groups in total. The van der Waals surface area contributed by atoms with E-state index in [4.69, 9.17) is 0 Å². The molecule has 0 spiro atoms. The van der Waals surface area contributed by atoms with Gasteiger partial charge in [-0.3, -0.25) is 0 Å². The Morgan fingerprint density at radius 2 is 1.27 bits per heavy atom. The highest BCUT2D eigenvalue weighted by Crippen LogP contribution is 2.53. The number of hydrogen-bond donors (Lipinski definition) is 0. The minimum absolute atomic E-state index is 0.0744. The van der Waals surface area contributed by atoms with E-state index in [1.807, 2.05) is 50.3 Å². The van der Waals surface area contributed by atoms with Gasteiger partial charge in [-0.05, 0) is 76.9 Å². The molecule has 0 aromatic heterocycles. The predicted molar refractivity (Wildman–Crippen MR) is 126 cm³/mol. The van der Waals surface area contributed by atoms with Gasteiger partial charge in [-0.25, -0.2) is 0 Å². The zero-order valence-electron chi connectivity index (χ0n) is 18.1. The molecule has 2 aromatic rings. The van der Waals surface area contributed by atoms with Gasteiger partial charge in [0.1, 0.15) is 35.4 Å². The van der Waals surface area contributed by atoms with E-state index in [0.717, 1.165) is 62.1 Å². The molecule has 0 amide bonds. The van der Waals surface area contributed by atoms with Crippen molar-refractivity contribution in [1.29, 1.82) is 21.0 Å². The molecular formula is C29H16N4. The van der Waals surface area contributed by atoms with Crippen molar-refractivity contribution >= 4 is 16.7 Å². The predicted octanol–water partition coefficient (Wildman–Crippen LogP) is 6.30. The second kappa shape index (κ2) is 7.35. The molecule has 3 aliphatic carbocycles. The minimum Gasteiger partial charge on any atom is -0.192 e. The summed E-state index contributed by atoms with van der Waals surface area (Å²) < 4.78 is 0. The van der Waals surface area contributed by atoms with Crippen LogP contribution in [0.2, 0.25) is 0 Å². The van der Waals surface area contributed by atoms with Gasteiger partial charge in [0.15, 0.2) is 0 Å². The van der Waals surface area contributed by atoms with Crippen molar-refractivity contribution in [3.05, 3.63) is 98.7 Å². The number of nitrogens with zero attached hydrogens (tertiary/aromatic N) is 4. The SMILES string of the molecule is CC1=CC2=C(C=CC1)c1cc3c(cc1C2=C(C#N)C#N)-c1ccc(C)cc1C3=C(C#N)C#N. The van der Waals surface area contributed by atoms with E-state index in [9.17, 15) is 21.0 Å². The van der Waals surface area contributed by atoms with Crippen LogP contribution in [0.4, 0.5) is 0 Å². The van der Waals surface area contributed by atoms with Crippen molar-refractivity contribution in [3.63, 3.8) is 0 Å². The lowest BCUT2D eigenvalue weighted by atomic mass is 9.92. The van der Waals surface area contributed by atoms with Crippen LogP contribution in [0.5, 0.6) is 0 Å². The van der Waals surface area contributed by atoms with Crippen molar-refractivity contribution < 1.29 is 0 Å². The number of allylic oxidation sites excluding steroid dienone is 9. The van der Waals surface area contributed by atoms with Gasteiger partial charge in [-0.2, -0.15) is 21.0 Å². The van der Waals surface area contributed by atoms with E-state index in [0.29, 0.717) is 11.1 Å². The summed E-state index contributed by atoms with van der Waals surface area (Å²) in [5.74, 6) is 0. The van der Waals surface area contributed by atoms with E-state index < -0.39 is 0 Å². The fourth-order valence-electron chi connectivity index (χ4n) is 4.94. The van der Waals surface area contributed by atoms with E-state index in [1.165, 1.54) is 0 Å². The molecule has 0 heterocycles. The molecule has 0 atom stereocenters. The highest BCUT2D eigenvalue weighted by Gasteiger charge is 2.34. The number of fused-ring (bicyclic) bond motifs is 5. The Balaban J connectivity index is 1.93. The first-order chi connectivity index (χ1) is 16.0. The lowest BCUT2D eigenvalue weighted by molar-refractivity contribution is 1.21. The summed E-state index contributed by atoms with van der Waals surface area (Å²) in [5.41, 5.74) is 10.7. The van der Waals surface area contributed by atoms with E-state index in [1.54, 1.807) is 0 Å². The third-order valence-electron chi connectivity index (χ3n) is 6.34. The van der Waals surface area contributed by atoms with Gasteiger partial charge in [-0.15, -0.1) is 0 Å². The maximum atomic E-state index is 9.73. The van der Waals surface area contributed by atoms with Crippen LogP contribution in [0, 0.1) is 52.2 Å². The van der Waals surface area contributed by atoms with Gasteiger partial charge >= 0.3 is 0 Å². The largest absolute Gasteiger partial charge is 0.192 e. The number of rotatable bonds is 0. The third-order valence-corrected chi connectivity index (χ3v) is 6.34. The normalized spacial score (nSPS) is 14.5. The summed E-state index contributed by atoms with van der Waals surface area (Å²) in [6, 6.07) is 18.3. The van der Waals surface area contributed by atoms with Crippen LogP contribution in [0.25, 0.3) is 27.8 Å². The molecule has 0 radical (unpaired) electrons. The zero-order chi connectivity index (χ0) is 23.3. The second-order valence-corrected chi connectivity index (χ2v) is 8.36. The lowest BCUT2D eigenvalue weighted by Crippen LogP contribution is -1.93. The molecule has 5 rings (SSSR count). The van der Waals surface area contributed by atoms with Gasteiger partial charge in [0.05, 0.1) is 0 Å². The average Bonchev–Trinajstić information content (AvgIpc) is 3.17. The Labute approximate surface area is 192 Å². The fraction of sp³-hybridized carbons (Fsp3) is 0.103. The van der Waals surface area contributed by atoms with E-state index >= 15 is 0 Å². The van der Waals surface area contributed by atoms with Crippen molar-refractivity contribution in [2.24, 2.45) is 0 Å². The number of hydrogen-bond acceptors (Lipinski definition) is 4. The molecule has 0 saturated heterocycles. The molecule has 0 fully saturated rings. The summed E-state index contributed by atoms with van der Waals surface area (Å²) in [6.07, 6.45) is 6.96. The van der Waals surface area contributed by atoms with Crippen LogP contribution in [0.15, 0.2) is 70.9 Å². The van der Waals surface area contributed by atoms with Crippen LogP contribution in [0.3, 0.4) is 0 Å². The Morgan fingerprint density at radius 3 is 1.97 bits per heavy atom. The van der Waals surface area contributed by atoms with Crippen molar-refractivity contribution in [2.45, 2.75) is 20.3 Å². The highest BCUT2D eigenvalue weighted by molar-refractivity contribution is 6.12. The van der Waals surface area contributed by atoms with Gasteiger partial charge in [-0.1, -0.05) is 47.6 Å². The molecule has 2 aromatic carbocycles. The first-order valence-corrected chi connectivity index (χ1v) is 10.5. The average molecular weight is 420 g/mol. The summed E-state index contributed by atoms with van der Waals surface area (Å²) in [5, 5.41) is 38.8. The molecule has 4 heteroatoms. The Morgan fingerprint density at radius 1 is 0.667 bits per heavy atom. The Kier molecular flexibility index (Phi) is 4.46. The molecule has 3 aliphatic rings. The smallest absolute Gasteiger partial charge is 0.138 e. The number of benzene rings is 2. The van der Waals surface area contributed by atoms with Crippen molar-refractivity contribution in [2.75, 3.05) is 0 Å². The molecule has 33 heavy (non-hydrogen) atoms. The fourth-order valence-corrected chi connectivity index (χ4v) is 4.94. The topological polar surface area (TPSA) is 95.2 Å². The van der Waals surface area contributed by atoms with Crippen LogP contribution in [-0.2, 0) is 0 Å². The van der Waals surface area contributed by atoms with E-state index in [2.05, 4.69) is 36.4 Å². The molecule has 4 nitrogen and oxygen atoms in total. The summed E-state index contributed by atoms with van der Waals surface area (Å²) in [7, 11) is 0. The lowest BCUT2D eigenvalue weighted by Gasteiger charge is -2.10. The maximum absolute atomic E-state index is 9.73. The van der Waals surface area contributed by atoms with Gasteiger partial charge < -0.3 is 0 Å². The molecule has 152 valence electrons. The van der Waals surface area contributed by atoms with Crippen LogP contribution in [0.1, 0.15) is 41.2 Å². The molecule has 0 unspecified atom stereocenters. The van der Waals surface area contributed by atoms with E-state index in [-0.39, 0.29) is 11.1 Å². The standard InChI is InChI=1S/C29H16N4/c1-16-4-3-5-20-22-10-27-23(11-26(22)28(24(20)8-16)18(12-30)13-31)21-7-6-17(2)9-25(21)29(27)19(14-32)15-33/h3,5-11H,4H2,1-2H3. The Hall–Kier alpha value is -4.90. The molecule has 0 aliphatic heterocycles. The van der Waals surface area contributed by atoms with Crippen LogP contribution in [-0.4, -0.2) is 0 Å². The first kappa shape index (κ1) is 20.0. The highest BCUT2D eigenvalue weighted by atomic mass is 14.4. The van der Waals surface area contributed by atoms with Gasteiger partial charge in [0, 0.05) is 11.1 Å². The van der Waals surface area contributed by atoms with Gasteiger partial charge in [0.25, 0.3) is 0 Å². The quantitative estimate of drug-likeness (QED) is 0.399.